The van der Waals surface area contributed by atoms with E-state index in [1.54, 1.807) is 7.11 Å². The predicted molar refractivity (Wildman–Crippen MR) is 113 cm³/mol. The van der Waals surface area contributed by atoms with E-state index < -0.39 is 18.4 Å². The molecule has 148 valence electrons. The van der Waals surface area contributed by atoms with E-state index in [0.717, 1.165) is 19.4 Å². The van der Waals surface area contributed by atoms with Crippen molar-refractivity contribution in [3.8, 4) is 0 Å². The fourth-order valence-corrected chi connectivity index (χ4v) is 7.35. The maximum absolute atomic E-state index is 5.87. The molecule has 4 heteroatoms. The van der Waals surface area contributed by atoms with Crippen LogP contribution in [0.3, 0.4) is 0 Å². The zero-order valence-electron chi connectivity index (χ0n) is 17.6. The van der Waals surface area contributed by atoms with Crippen LogP contribution in [-0.4, -0.2) is 45.5 Å². The SMILES string of the molecule is COCOC/C(=C\CC(C)(C)CCOCc1ccccc1)[CH2][Sn]([CH3])([CH3])[CH3]. The van der Waals surface area contributed by atoms with Crippen LogP contribution in [-0.2, 0) is 20.8 Å². The standard InChI is InChI=1S/C19H29O3.3CH3.Sn/c1-17(14-22-16-20-4)10-11-19(2,3)12-13-21-15-18-8-6-5-7-9-18;;;;/h5-10H,1,11-16H2,2-4H3;3*1H3;/b17-10-;;;;. The third kappa shape index (κ3) is 12.1. The zero-order valence-corrected chi connectivity index (χ0v) is 20.5. The Kier molecular flexibility index (Phi) is 11.1. The van der Waals surface area contributed by atoms with E-state index in [1.165, 1.54) is 15.6 Å². The number of hydrogen-bond acceptors (Lipinski definition) is 3. The van der Waals surface area contributed by atoms with Gasteiger partial charge in [0.05, 0.1) is 0 Å². The van der Waals surface area contributed by atoms with Crippen LogP contribution in [0.5, 0.6) is 0 Å². The molecule has 0 aliphatic rings. The number of benzene rings is 1. The number of hydrogen-bond donors (Lipinski definition) is 0. The molecule has 0 N–H and O–H groups in total. The Morgan fingerprint density at radius 3 is 2.38 bits per heavy atom. The van der Waals surface area contributed by atoms with Crippen LogP contribution in [0.25, 0.3) is 0 Å². The molecule has 0 radical (unpaired) electrons. The molecular weight excluding hydrogens is 431 g/mol. The fraction of sp³-hybridized carbons (Fsp3) is 0.636. The molecule has 0 amide bonds. The third-order valence-electron chi connectivity index (χ3n) is 4.22. The molecule has 0 bridgehead atoms. The van der Waals surface area contributed by atoms with Crippen molar-refractivity contribution in [2.75, 3.05) is 27.1 Å². The summed E-state index contributed by atoms with van der Waals surface area (Å²) in [6, 6.07) is 10.4. The summed E-state index contributed by atoms with van der Waals surface area (Å²) in [5.74, 6) is 0. The average Bonchev–Trinajstić information content (AvgIpc) is 2.57. The van der Waals surface area contributed by atoms with E-state index in [2.05, 4.69) is 59.0 Å². The normalized spacial score (nSPS) is 13.2. The molecule has 0 aromatic heterocycles. The van der Waals surface area contributed by atoms with Gasteiger partial charge in [0.15, 0.2) is 0 Å². The van der Waals surface area contributed by atoms with Gasteiger partial charge in [-0.1, -0.05) is 6.07 Å². The average molecular weight is 469 g/mol. The van der Waals surface area contributed by atoms with Crippen LogP contribution < -0.4 is 0 Å². The molecule has 0 saturated carbocycles. The Hall–Kier alpha value is -0.361. The van der Waals surface area contributed by atoms with Crippen molar-refractivity contribution in [3.63, 3.8) is 0 Å². The van der Waals surface area contributed by atoms with Gasteiger partial charge in [0.25, 0.3) is 0 Å². The van der Waals surface area contributed by atoms with Gasteiger partial charge in [-0.3, -0.25) is 0 Å². The fourth-order valence-electron chi connectivity index (χ4n) is 2.75. The molecule has 0 saturated heterocycles. The molecule has 1 rings (SSSR count). The van der Waals surface area contributed by atoms with Crippen molar-refractivity contribution in [2.24, 2.45) is 5.41 Å². The zero-order chi connectivity index (χ0) is 19.5. The number of rotatable bonds is 13. The van der Waals surface area contributed by atoms with Crippen LogP contribution in [0.2, 0.25) is 19.3 Å². The molecule has 0 aliphatic heterocycles. The van der Waals surface area contributed by atoms with Crippen LogP contribution in [0.1, 0.15) is 32.3 Å². The Balaban J connectivity index is 2.45. The van der Waals surface area contributed by atoms with Gasteiger partial charge in [0, 0.05) is 0 Å². The second kappa shape index (κ2) is 12.2. The first kappa shape index (κ1) is 23.7. The summed E-state index contributed by atoms with van der Waals surface area (Å²) in [4.78, 5) is 7.42. The van der Waals surface area contributed by atoms with Crippen molar-refractivity contribution in [2.45, 2.75) is 52.6 Å². The van der Waals surface area contributed by atoms with E-state index in [4.69, 9.17) is 14.2 Å². The third-order valence-corrected chi connectivity index (χ3v) is 8.55. The molecule has 1 aromatic rings. The van der Waals surface area contributed by atoms with Gasteiger partial charge < -0.3 is 0 Å². The second-order valence-electron chi connectivity index (χ2n) is 9.01. The first-order valence-electron chi connectivity index (χ1n) is 9.58. The Labute approximate surface area is 165 Å². The minimum absolute atomic E-state index is 0.233. The number of ether oxygens (including phenoxy) is 3. The summed E-state index contributed by atoms with van der Waals surface area (Å²) in [5.41, 5.74) is 2.92. The van der Waals surface area contributed by atoms with Crippen molar-refractivity contribution in [1.29, 1.82) is 0 Å². The monoisotopic (exact) mass is 470 g/mol. The van der Waals surface area contributed by atoms with Gasteiger partial charge in [-0.15, -0.1) is 0 Å². The van der Waals surface area contributed by atoms with Crippen LogP contribution in [0, 0.1) is 5.41 Å². The Bertz CT molecular complexity index is 518. The van der Waals surface area contributed by atoms with E-state index in [0.29, 0.717) is 20.0 Å². The van der Waals surface area contributed by atoms with Crippen molar-refractivity contribution in [3.05, 3.63) is 47.5 Å². The molecule has 3 nitrogen and oxygen atoms in total. The summed E-state index contributed by atoms with van der Waals surface area (Å²) in [6.07, 6.45) is 4.53. The molecule has 0 spiro atoms. The summed E-state index contributed by atoms with van der Waals surface area (Å²) >= 11 is -1.88. The quantitative estimate of drug-likeness (QED) is 0.156. The first-order chi connectivity index (χ1) is 12.2. The number of allylic oxidation sites excluding steroid dienone is 1. The summed E-state index contributed by atoms with van der Waals surface area (Å²) in [6.45, 7) is 7.20. The predicted octanol–water partition coefficient (Wildman–Crippen LogP) is 5.89. The van der Waals surface area contributed by atoms with E-state index in [1.807, 2.05) is 6.07 Å². The van der Waals surface area contributed by atoms with Gasteiger partial charge in [0.2, 0.25) is 0 Å². The van der Waals surface area contributed by atoms with Crippen LogP contribution in [0.15, 0.2) is 42.0 Å². The molecule has 0 heterocycles. The van der Waals surface area contributed by atoms with Gasteiger partial charge >= 0.3 is 159 Å². The van der Waals surface area contributed by atoms with Gasteiger partial charge in [0.1, 0.15) is 0 Å². The maximum atomic E-state index is 5.87. The molecule has 0 atom stereocenters. The molecule has 0 aliphatic carbocycles. The van der Waals surface area contributed by atoms with Crippen LogP contribution in [0.4, 0.5) is 0 Å². The van der Waals surface area contributed by atoms with E-state index in [9.17, 15) is 0 Å². The van der Waals surface area contributed by atoms with E-state index >= 15 is 0 Å². The summed E-state index contributed by atoms with van der Waals surface area (Å²) in [7, 11) is 1.67. The van der Waals surface area contributed by atoms with E-state index in [-0.39, 0.29) is 5.41 Å². The van der Waals surface area contributed by atoms with Crippen molar-refractivity contribution < 1.29 is 14.2 Å². The van der Waals surface area contributed by atoms with Crippen molar-refractivity contribution in [1.82, 2.24) is 0 Å². The Morgan fingerprint density at radius 1 is 1.08 bits per heavy atom. The molecule has 1 aromatic carbocycles. The Morgan fingerprint density at radius 2 is 1.77 bits per heavy atom. The molecular formula is C22H38O3Sn. The first-order valence-corrected chi connectivity index (χ1v) is 20.2. The topological polar surface area (TPSA) is 27.7 Å². The second-order valence-corrected chi connectivity index (χ2v) is 24.6. The van der Waals surface area contributed by atoms with Gasteiger partial charge in [-0.25, -0.2) is 0 Å². The minimum atomic E-state index is -1.88. The summed E-state index contributed by atoms with van der Waals surface area (Å²) in [5, 5.41) is 0. The van der Waals surface area contributed by atoms with Crippen molar-refractivity contribution >= 4 is 18.4 Å². The van der Waals surface area contributed by atoms with Gasteiger partial charge in [-0.2, -0.15) is 0 Å². The molecule has 26 heavy (non-hydrogen) atoms. The van der Waals surface area contributed by atoms with Gasteiger partial charge in [-0.05, 0) is 0 Å². The number of methoxy groups -OCH3 is 1. The molecule has 0 unspecified atom stereocenters. The van der Waals surface area contributed by atoms with Crippen LogP contribution >= 0.6 is 0 Å². The molecule has 0 fully saturated rings. The summed E-state index contributed by atoms with van der Waals surface area (Å²) < 4.78 is 17.8.